The smallest absolute Gasteiger partial charge is 0.323 e. The molecule has 1 aromatic carbocycles. The molecule has 18 heavy (non-hydrogen) atoms. The van der Waals surface area contributed by atoms with E-state index in [2.05, 4.69) is 0 Å². The van der Waals surface area contributed by atoms with E-state index in [9.17, 15) is 4.79 Å². The van der Waals surface area contributed by atoms with E-state index in [-0.39, 0.29) is 12.6 Å². The van der Waals surface area contributed by atoms with Gasteiger partial charge in [0.15, 0.2) is 0 Å². The van der Waals surface area contributed by atoms with Crippen LogP contribution in [0.25, 0.3) is 0 Å². The molecule has 1 rings (SSSR count). The highest BCUT2D eigenvalue weighted by Crippen LogP contribution is 2.04. The van der Waals surface area contributed by atoms with Gasteiger partial charge in [0, 0.05) is 6.61 Å². The van der Waals surface area contributed by atoms with E-state index in [1.807, 2.05) is 37.3 Å². The summed E-state index contributed by atoms with van der Waals surface area (Å²) in [4.78, 5) is 11.5. The normalized spacial score (nSPS) is 12.1. The number of ether oxygens (including phenoxy) is 2. The van der Waals surface area contributed by atoms with Gasteiger partial charge in [0.05, 0.1) is 6.61 Å². The van der Waals surface area contributed by atoms with Crippen molar-refractivity contribution in [3.05, 3.63) is 35.9 Å². The maximum Gasteiger partial charge on any atom is 0.323 e. The molecule has 1 aromatic rings. The van der Waals surface area contributed by atoms with E-state index in [1.54, 1.807) is 0 Å². The van der Waals surface area contributed by atoms with Gasteiger partial charge < -0.3 is 15.2 Å². The number of carbonyl (C=O) groups is 1. The van der Waals surface area contributed by atoms with Gasteiger partial charge in [-0.2, -0.15) is 0 Å². The molecule has 0 aliphatic rings. The highest BCUT2D eigenvalue weighted by Gasteiger charge is 2.14. The second-order valence-electron chi connectivity index (χ2n) is 4.00. The third kappa shape index (κ3) is 5.80. The lowest BCUT2D eigenvalue weighted by Gasteiger charge is -2.11. The lowest BCUT2D eigenvalue weighted by molar-refractivity contribution is -0.146. The van der Waals surface area contributed by atoms with Crippen molar-refractivity contribution < 1.29 is 14.3 Å². The van der Waals surface area contributed by atoms with Gasteiger partial charge >= 0.3 is 5.97 Å². The van der Waals surface area contributed by atoms with Gasteiger partial charge in [-0.05, 0) is 25.3 Å². The van der Waals surface area contributed by atoms with E-state index < -0.39 is 6.04 Å². The maximum atomic E-state index is 11.5. The average molecular weight is 251 g/mol. The molecular formula is C14H21NO3. The molecular weight excluding hydrogens is 230 g/mol. The fourth-order valence-corrected chi connectivity index (χ4v) is 1.54. The molecule has 0 aliphatic carbocycles. The van der Waals surface area contributed by atoms with E-state index >= 15 is 0 Å². The summed E-state index contributed by atoms with van der Waals surface area (Å²) in [6, 6.07) is 9.39. The first-order valence-electron chi connectivity index (χ1n) is 6.28. The molecule has 0 amide bonds. The minimum absolute atomic E-state index is 0.270. The van der Waals surface area contributed by atoms with Crippen molar-refractivity contribution in [2.75, 3.05) is 19.8 Å². The molecule has 1 unspecified atom stereocenters. The highest BCUT2D eigenvalue weighted by atomic mass is 16.6. The Morgan fingerprint density at radius 1 is 1.28 bits per heavy atom. The second-order valence-corrected chi connectivity index (χ2v) is 4.00. The zero-order chi connectivity index (χ0) is 13.2. The first kappa shape index (κ1) is 14.7. The predicted octanol–water partition coefficient (Wildman–Crippen LogP) is 1.53. The van der Waals surface area contributed by atoms with Crippen LogP contribution in [0.3, 0.4) is 0 Å². The number of aryl methyl sites for hydroxylation is 1. The van der Waals surface area contributed by atoms with Gasteiger partial charge in [0.25, 0.3) is 0 Å². The standard InChI is InChI=1S/C14H21NO3/c1-2-17-10-11-18-14(16)13(15)9-8-12-6-4-3-5-7-12/h3-7,13H,2,8-11,15H2,1H3. The first-order chi connectivity index (χ1) is 8.74. The van der Waals surface area contributed by atoms with Gasteiger partial charge in [-0.3, -0.25) is 4.79 Å². The number of benzene rings is 1. The van der Waals surface area contributed by atoms with E-state index in [4.69, 9.17) is 15.2 Å². The summed E-state index contributed by atoms with van der Waals surface area (Å²) >= 11 is 0. The second kappa shape index (κ2) is 8.66. The zero-order valence-electron chi connectivity index (χ0n) is 10.8. The van der Waals surface area contributed by atoms with Crippen molar-refractivity contribution in [3.8, 4) is 0 Å². The van der Waals surface area contributed by atoms with Crippen molar-refractivity contribution >= 4 is 5.97 Å². The molecule has 0 saturated carbocycles. The Labute approximate surface area is 108 Å². The third-order valence-corrected chi connectivity index (χ3v) is 2.57. The van der Waals surface area contributed by atoms with Gasteiger partial charge in [-0.25, -0.2) is 0 Å². The quantitative estimate of drug-likeness (QED) is 0.562. The van der Waals surface area contributed by atoms with Crippen LogP contribution in [0.4, 0.5) is 0 Å². The van der Waals surface area contributed by atoms with E-state index in [1.165, 1.54) is 5.56 Å². The molecule has 1 atom stereocenters. The summed E-state index contributed by atoms with van der Waals surface area (Å²) in [7, 11) is 0. The Balaban J connectivity index is 2.19. The zero-order valence-corrected chi connectivity index (χ0v) is 10.8. The topological polar surface area (TPSA) is 61.5 Å². The molecule has 0 spiro atoms. The van der Waals surface area contributed by atoms with Crippen LogP contribution >= 0.6 is 0 Å². The molecule has 2 N–H and O–H groups in total. The molecule has 4 heteroatoms. The lowest BCUT2D eigenvalue weighted by Crippen LogP contribution is -2.33. The van der Waals surface area contributed by atoms with Crippen LogP contribution < -0.4 is 5.73 Å². The summed E-state index contributed by atoms with van der Waals surface area (Å²) < 4.78 is 10.1. The molecule has 0 aliphatic heterocycles. The number of esters is 1. The fraction of sp³-hybridized carbons (Fsp3) is 0.500. The minimum Gasteiger partial charge on any atom is -0.462 e. The fourth-order valence-electron chi connectivity index (χ4n) is 1.54. The lowest BCUT2D eigenvalue weighted by atomic mass is 10.1. The number of nitrogens with two attached hydrogens (primary N) is 1. The van der Waals surface area contributed by atoms with Crippen molar-refractivity contribution in [1.29, 1.82) is 0 Å². The number of hydrogen-bond acceptors (Lipinski definition) is 4. The van der Waals surface area contributed by atoms with Crippen LogP contribution in [0.15, 0.2) is 30.3 Å². The molecule has 0 bridgehead atoms. The Bertz CT molecular complexity index is 340. The van der Waals surface area contributed by atoms with Crippen LogP contribution in [0.1, 0.15) is 18.9 Å². The summed E-state index contributed by atoms with van der Waals surface area (Å²) in [5.41, 5.74) is 6.94. The van der Waals surface area contributed by atoms with Crippen molar-refractivity contribution in [1.82, 2.24) is 0 Å². The number of rotatable bonds is 8. The molecule has 4 nitrogen and oxygen atoms in total. The number of carbonyl (C=O) groups excluding carboxylic acids is 1. The van der Waals surface area contributed by atoms with Crippen LogP contribution in [-0.2, 0) is 20.7 Å². The summed E-state index contributed by atoms with van der Waals surface area (Å²) in [5.74, 6) is -0.356. The van der Waals surface area contributed by atoms with E-state index in [0.717, 1.165) is 6.42 Å². The SMILES string of the molecule is CCOCCOC(=O)C(N)CCc1ccccc1. The van der Waals surface area contributed by atoms with Crippen LogP contribution in [-0.4, -0.2) is 31.8 Å². The van der Waals surface area contributed by atoms with Crippen molar-refractivity contribution in [2.45, 2.75) is 25.8 Å². The van der Waals surface area contributed by atoms with Crippen LogP contribution in [0, 0.1) is 0 Å². The molecule has 0 aromatic heterocycles. The van der Waals surface area contributed by atoms with Gasteiger partial charge in [0.2, 0.25) is 0 Å². The average Bonchev–Trinajstić information content (AvgIpc) is 2.42. The van der Waals surface area contributed by atoms with Gasteiger partial charge in [-0.1, -0.05) is 30.3 Å². The van der Waals surface area contributed by atoms with Gasteiger partial charge in [-0.15, -0.1) is 0 Å². The Morgan fingerprint density at radius 3 is 2.67 bits per heavy atom. The first-order valence-corrected chi connectivity index (χ1v) is 6.28. The highest BCUT2D eigenvalue weighted by molar-refractivity contribution is 5.75. The molecule has 0 heterocycles. The molecule has 0 radical (unpaired) electrons. The predicted molar refractivity (Wildman–Crippen MR) is 70.2 cm³/mol. The number of hydrogen-bond donors (Lipinski definition) is 1. The summed E-state index contributed by atoms with van der Waals surface area (Å²) in [6.45, 7) is 3.21. The van der Waals surface area contributed by atoms with Crippen LogP contribution in [0.5, 0.6) is 0 Å². The van der Waals surface area contributed by atoms with Crippen LogP contribution in [0.2, 0.25) is 0 Å². The minimum atomic E-state index is -0.563. The molecule has 0 saturated heterocycles. The van der Waals surface area contributed by atoms with Gasteiger partial charge in [0.1, 0.15) is 12.6 Å². The Hall–Kier alpha value is -1.39. The summed E-state index contributed by atoms with van der Waals surface area (Å²) in [6.07, 6.45) is 1.38. The largest absolute Gasteiger partial charge is 0.462 e. The molecule has 100 valence electrons. The van der Waals surface area contributed by atoms with E-state index in [0.29, 0.717) is 19.6 Å². The Morgan fingerprint density at radius 2 is 2.00 bits per heavy atom. The maximum absolute atomic E-state index is 11.5. The Kier molecular flexibility index (Phi) is 7.06. The van der Waals surface area contributed by atoms with Crippen molar-refractivity contribution in [3.63, 3.8) is 0 Å². The monoisotopic (exact) mass is 251 g/mol. The molecule has 0 fully saturated rings. The third-order valence-electron chi connectivity index (χ3n) is 2.57. The summed E-state index contributed by atoms with van der Waals surface area (Å²) in [5, 5.41) is 0. The van der Waals surface area contributed by atoms with Crippen molar-refractivity contribution in [2.24, 2.45) is 5.73 Å².